The number of rotatable bonds is 1. The normalized spacial score (nSPS) is 10.5. The number of halogens is 3. The molecule has 18 heavy (non-hydrogen) atoms. The number of hydrogen-bond donors (Lipinski definition) is 0. The van der Waals surface area contributed by atoms with Gasteiger partial charge in [-0.3, -0.25) is 0 Å². The maximum atomic E-state index is 12.6. The molecule has 0 N–H and O–H groups in total. The second kappa shape index (κ2) is 5.58. The summed E-state index contributed by atoms with van der Waals surface area (Å²) in [5.41, 5.74) is -0.585. The standard InChI is InChI=1S/C13H11F3O2/c1-3-18-12(17)8-7-10-5-4-6-11(9(10)2)13(14,15)16/h4-6H,3H2,1-2H3. The molecule has 0 aliphatic heterocycles. The van der Waals surface area contributed by atoms with Gasteiger partial charge in [0.2, 0.25) is 0 Å². The Morgan fingerprint density at radius 1 is 1.39 bits per heavy atom. The number of esters is 1. The van der Waals surface area contributed by atoms with Crippen LogP contribution in [0.2, 0.25) is 0 Å². The first kappa shape index (κ1) is 14.1. The summed E-state index contributed by atoms with van der Waals surface area (Å²) in [5, 5.41) is 0. The molecule has 0 aromatic heterocycles. The van der Waals surface area contributed by atoms with E-state index in [9.17, 15) is 18.0 Å². The topological polar surface area (TPSA) is 26.3 Å². The highest BCUT2D eigenvalue weighted by Crippen LogP contribution is 2.32. The van der Waals surface area contributed by atoms with Crippen molar-refractivity contribution in [3.05, 3.63) is 34.9 Å². The van der Waals surface area contributed by atoms with Crippen LogP contribution >= 0.6 is 0 Å². The Morgan fingerprint density at radius 3 is 2.61 bits per heavy atom. The second-order valence-corrected chi connectivity index (χ2v) is 3.45. The third-order valence-corrected chi connectivity index (χ3v) is 2.21. The number of benzene rings is 1. The van der Waals surface area contributed by atoms with Crippen molar-refractivity contribution in [2.24, 2.45) is 0 Å². The van der Waals surface area contributed by atoms with E-state index in [-0.39, 0.29) is 17.7 Å². The minimum Gasteiger partial charge on any atom is -0.456 e. The van der Waals surface area contributed by atoms with Gasteiger partial charge >= 0.3 is 12.1 Å². The van der Waals surface area contributed by atoms with Crippen LogP contribution in [0.15, 0.2) is 18.2 Å². The highest BCUT2D eigenvalue weighted by molar-refractivity contribution is 5.89. The van der Waals surface area contributed by atoms with Gasteiger partial charge in [0.25, 0.3) is 0 Å². The lowest BCUT2D eigenvalue weighted by atomic mass is 10.0. The van der Waals surface area contributed by atoms with Crippen molar-refractivity contribution in [2.75, 3.05) is 6.61 Å². The van der Waals surface area contributed by atoms with Gasteiger partial charge in [-0.2, -0.15) is 13.2 Å². The first-order valence-electron chi connectivity index (χ1n) is 5.21. The first-order chi connectivity index (χ1) is 8.36. The van der Waals surface area contributed by atoms with Crippen molar-refractivity contribution in [1.29, 1.82) is 0 Å². The van der Waals surface area contributed by atoms with Gasteiger partial charge in [-0.25, -0.2) is 4.79 Å². The van der Waals surface area contributed by atoms with Crippen LogP contribution in [0.3, 0.4) is 0 Å². The van der Waals surface area contributed by atoms with Crippen LogP contribution in [-0.4, -0.2) is 12.6 Å². The minimum atomic E-state index is -4.42. The Morgan fingerprint density at radius 2 is 2.06 bits per heavy atom. The minimum absolute atomic E-state index is 0.00167. The van der Waals surface area contributed by atoms with Crippen LogP contribution in [-0.2, 0) is 15.7 Å². The summed E-state index contributed by atoms with van der Waals surface area (Å²) >= 11 is 0. The quantitative estimate of drug-likeness (QED) is 0.570. The molecule has 5 heteroatoms. The van der Waals surface area contributed by atoms with E-state index in [2.05, 4.69) is 16.6 Å². The lowest BCUT2D eigenvalue weighted by molar-refractivity contribution is -0.138. The number of carbonyl (C=O) groups excluding carboxylic acids is 1. The average molecular weight is 256 g/mol. The van der Waals surface area contributed by atoms with Gasteiger partial charge in [-0.05, 0) is 31.5 Å². The van der Waals surface area contributed by atoms with E-state index < -0.39 is 17.7 Å². The molecular formula is C13H11F3O2. The third-order valence-electron chi connectivity index (χ3n) is 2.21. The molecule has 0 aliphatic carbocycles. The highest BCUT2D eigenvalue weighted by Gasteiger charge is 2.32. The Labute approximate surface area is 103 Å². The molecule has 0 heterocycles. The summed E-state index contributed by atoms with van der Waals surface area (Å²) in [6.07, 6.45) is -4.42. The van der Waals surface area contributed by atoms with Crippen LogP contribution in [0.25, 0.3) is 0 Å². The van der Waals surface area contributed by atoms with E-state index in [1.165, 1.54) is 19.1 Å². The maximum absolute atomic E-state index is 12.6. The zero-order chi connectivity index (χ0) is 13.8. The molecular weight excluding hydrogens is 245 g/mol. The lowest BCUT2D eigenvalue weighted by Gasteiger charge is -2.10. The van der Waals surface area contributed by atoms with Gasteiger partial charge in [0.15, 0.2) is 0 Å². The summed E-state index contributed by atoms with van der Waals surface area (Å²) in [5.74, 6) is 3.77. The molecule has 0 spiro atoms. The molecule has 0 saturated carbocycles. The molecule has 0 aliphatic rings. The molecule has 2 nitrogen and oxygen atoms in total. The fourth-order valence-electron chi connectivity index (χ4n) is 1.36. The molecule has 0 unspecified atom stereocenters. The van der Waals surface area contributed by atoms with Gasteiger partial charge in [0, 0.05) is 11.5 Å². The van der Waals surface area contributed by atoms with Gasteiger partial charge in [-0.15, -0.1) is 0 Å². The van der Waals surface area contributed by atoms with Crippen molar-refractivity contribution in [3.63, 3.8) is 0 Å². The summed E-state index contributed by atoms with van der Waals surface area (Å²) in [6.45, 7) is 3.11. The Hall–Kier alpha value is -1.96. The SMILES string of the molecule is CCOC(=O)C#Cc1cccc(C(F)(F)F)c1C. The van der Waals surface area contributed by atoms with Crippen molar-refractivity contribution in [3.8, 4) is 11.8 Å². The number of hydrogen-bond acceptors (Lipinski definition) is 2. The fraction of sp³-hybridized carbons (Fsp3) is 0.308. The largest absolute Gasteiger partial charge is 0.456 e. The molecule has 96 valence electrons. The maximum Gasteiger partial charge on any atom is 0.416 e. The van der Waals surface area contributed by atoms with E-state index in [1.807, 2.05) is 0 Å². The smallest absolute Gasteiger partial charge is 0.416 e. The van der Waals surface area contributed by atoms with E-state index in [0.717, 1.165) is 6.07 Å². The van der Waals surface area contributed by atoms with Crippen molar-refractivity contribution in [1.82, 2.24) is 0 Å². The summed E-state index contributed by atoms with van der Waals surface area (Å²) in [6, 6.07) is 3.66. The number of alkyl halides is 3. The Balaban J connectivity index is 3.09. The molecule has 1 aromatic rings. The van der Waals surface area contributed by atoms with Crippen LogP contribution in [0, 0.1) is 18.8 Å². The van der Waals surface area contributed by atoms with Crippen molar-refractivity contribution >= 4 is 5.97 Å². The van der Waals surface area contributed by atoms with Crippen molar-refractivity contribution < 1.29 is 22.7 Å². The van der Waals surface area contributed by atoms with E-state index in [1.54, 1.807) is 6.92 Å². The highest BCUT2D eigenvalue weighted by atomic mass is 19.4. The predicted molar refractivity (Wildman–Crippen MR) is 59.7 cm³/mol. The van der Waals surface area contributed by atoms with Gasteiger partial charge in [0.05, 0.1) is 12.2 Å². The molecule has 0 saturated heterocycles. The van der Waals surface area contributed by atoms with Gasteiger partial charge < -0.3 is 4.74 Å². The number of carbonyl (C=O) groups is 1. The molecule has 0 bridgehead atoms. The van der Waals surface area contributed by atoms with Crippen LogP contribution in [0.4, 0.5) is 13.2 Å². The fourth-order valence-corrected chi connectivity index (χ4v) is 1.36. The third kappa shape index (κ3) is 3.52. The zero-order valence-corrected chi connectivity index (χ0v) is 9.89. The van der Waals surface area contributed by atoms with Crippen LogP contribution in [0.5, 0.6) is 0 Å². The summed E-state index contributed by atoms with van der Waals surface area (Å²) in [4.78, 5) is 11.0. The van der Waals surface area contributed by atoms with Crippen molar-refractivity contribution in [2.45, 2.75) is 20.0 Å². The first-order valence-corrected chi connectivity index (χ1v) is 5.21. The number of ether oxygens (including phenoxy) is 1. The van der Waals surface area contributed by atoms with E-state index in [4.69, 9.17) is 0 Å². The molecule has 1 rings (SSSR count). The predicted octanol–water partition coefficient (Wildman–Crippen LogP) is 2.93. The lowest BCUT2D eigenvalue weighted by Crippen LogP contribution is -2.08. The second-order valence-electron chi connectivity index (χ2n) is 3.45. The molecule has 0 atom stereocenters. The van der Waals surface area contributed by atoms with Crippen LogP contribution in [0.1, 0.15) is 23.6 Å². The average Bonchev–Trinajstić information content (AvgIpc) is 2.26. The van der Waals surface area contributed by atoms with Gasteiger partial charge in [0.1, 0.15) is 0 Å². The van der Waals surface area contributed by atoms with Crippen LogP contribution < -0.4 is 0 Å². The van der Waals surface area contributed by atoms with Gasteiger partial charge in [-0.1, -0.05) is 12.0 Å². The molecule has 0 fully saturated rings. The molecule has 0 radical (unpaired) electrons. The summed E-state index contributed by atoms with van der Waals surface area (Å²) < 4.78 is 42.4. The zero-order valence-electron chi connectivity index (χ0n) is 9.89. The Kier molecular flexibility index (Phi) is 4.38. The molecule has 1 aromatic carbocycles. The summed E-state index contributed by atoms with van der Waals surface area (Å²) in [7, 11) is 0. The van der Waals surface area contributed by atoms with E-state index >= 15 is 0 Å². The molecule has 0 amide bonds. The monoisotopic (exact) mass is 256 g/mol. The van der Waals surface area contributed by atoms with E-state index in [0.29, 0.717) is 0 Å². The Bertz CT molecular complexity index is 507.